The Hall–Kier alpha value is -1.75. The van der Waals surface area contributed by atoms with Crippen molar-refractivity contribution in [1.29, 1.82) is 0 Å². The molecule has 1 amide bonds. The topological polar surface area (TPSA) is 67.8 Å². The molecule has 106 valence electrons. The standard InChI is InChI=1S/C14H21NO4/c1-18-12-6-5-11(9-13(12)19-2)10-14(17)15-7-3-4-8-16/h5-6,9,16H,3-4,7-8,10H2,1-2H3,(H,15,17). The zero-order valence-corrected chi connectivity index (χ0v) is 11.4. The lowest BCUT2D eigenvalue weighted by Gasteiger charge is -2.09. The van der Waals surface area contributed by atoms with Crippen molar-refractivity contribution in [2.24, 2.45) is 0 Å². The number of benzene rings is 1. The first-order valence-electron chi connectivity index (χ1n) is 6.29. The van der Waals surface area contributed by atoms with Crippen molar-refractivity contribution >= 4 is 5.91 Å². The van der Waals surface area contributed by atoms with Crippen LogP contribution in [0.25, 0.3) is 0 Å². The van der Waals surface area contributed by atoms with E-state index < -0.39 is 0 Å². The molecule has 0 saturated heterocycles. The van der Waals surface area contributed by atoms with Crippen LogP contribution in [0, 0.1) is 0 Å². The molecule has 19 heavy (non-hydrogen) atoms. The number of amides is 1. The second-order valence-corrected chi connectivity index (χ2v) is 4.15. The fraction of sp³-hybridized carbons (Fsp3) is 0.500. The summed E-state index contributed by atoms with van der Waals surface area (Å²) < 4.78 is 10.3. The Bertz CT molecular complexity index is 406. The molecule has 0 unspecified atom stereocenters. The minimum absolute atomic E-state index is 0.0369. The van der Waals surface area contributed by atoms with Gasteiger partial charge in [0.1, 0.15) is 0 Å². The smallest absolute Gasteiger partial charge is 0.224 e. The van der Waals surface area contributed by atoms with Crippen LogP contribution in [-0.4, -0.2) is 38.4 Å². The number of aliphatic hydroxyl groups is 1. The molecule has 0 radical (unpaired) electrons. The first kappa shape index (κ1) is 15.3. The first-order chi connectivity index (χ1) is 9.21. The number of nitrogens with one attached hydrogen (secondary N) is 1. The van der Waals surface area contributed by atoms with Crippen molar-refractivity contribution < 1.29 is 19.4 Å². The predicted molar refractivity (Wildman–Crippen MR) is 72.6 cm³/mol. The van der Waals surface area contributed by atoms with E-state index in [2.05, 4.69) is 5.32 Å². The van der Waals surface area contributed by atoms with Crippen LogP contribution in [0.4, 0.5) is 0 Å². The number of methoxy groups -OCH3 is 2. The summed E-state index contributed by atoms with van der Waals surface area (Å²) in [6.45, 7) is 0.748. The van der Waals surface area contributed by atoms with E-state index in [1.165, 1.54) is 0 Å². The van der Waals surface area contributed by atoms with Crippen molar-refractivity contribution in [1.82, 2.24) is 5.32 Å². The lowest BCUT2D eigenvalue weighted by Crippen LogP contribution is -2.26. The fourth-order valence-corrected chi connectivity index (χ4v) is 1.70. The SMILES string of the molecule is COc1ccc(CC(=O)NCCCCO)cc1OC. The summed E-state index contributed by atoms with van der Waals surface area (Å²) in [7, 11) is 3.14. The van der Waals surface area contributed by atoms with Gasteiger partial charge in [-0.15, -0.1) is 0 Å². The highest BCUT2D eigenvalue weighted by molar-refractivity contribution is 5.78. The molecular formula is C14H21NO4. The minimum atomic E-state index is -0.0369. The molecule has 0 aromatic heterocycles. The maximum atomic E-state index is 11.7. The van der Waals surface area contributed by atoms with Gasteiger partial charge in [-0.1, -0.05) is 6.07 Å². The van der Waals surface area contributed by atoms with E-state index >= 15 is 0 Å². The van der Waals surface area contributed by atoms with Gasteiger partial charge in [-0.25, -0.2) is 0 Å². The van der Waals surface area contributed by atoms with Crippen LogP contribution in [0.5, 0.6) is 11.5 Å². The van der Waals surface area contributed by atoms with E-state index in [0.717, 1.165) is 12.0 Å². The van der Waals surface area contributed by atoms with E-state index in [1.807, 2.05) is 6.07 Å². The molecule has 5 heteroatoms. The first-order valence-corrected chi connectivity index (χ1v) is 6.29. The van der Waals surface area contributed by atoms with Crippen molar-refractivity contribution in [3.63, 3.8) is 0 Å². The lowest BCUT2D eigenvalue weighted by molar-refractivity contribution is -0.120. The normalized spacial score (nSPS) is 10.1. The summed E-state index contributed by atoms with van der Waals surface area (Å²) >= 11 is 0. The Morgan fingerprint density at radius 1 is 1.21 bits per heavy atom. The maximum Gasteiger partial charge on any atom is 0.224 e. The number of carbonyl (C=O) groups is 1. The number of rotatable bonds is 8. The maximum absolute atomic E-state index is 11.7. The van der Waals surface area contributed by atoms with Gasteiger partial charge in [0, 0.05) is 13.2 Å². The molecule has 5 nitrogen and oxygen atoms in total. The van der Waals surface area contributed by atoms with Gasteiger partial charge in [0.25, 0.3) is 0 Å². The average Bonchev–Trinajstić information content (AvgIpc) is 2.43. The number of aliphatic hydroxyl groups excluding tert-OH is 1. The van der Waals surface area contributed by atoms with Crippen LogP contribution in [0.15, 0.2) is 18.2 Å². The van der Waals surface area contributed by atoms with E-state index in [9.17, 15) is 4.79 Å². The summed E-state index contributed by atoms with van der Waals surface area (Å²) in [6, 6.07) is 5.42. The highest BCUT2D eigenvalue weighted by atomic mass is 16.5. The van der Waals surface area contributed by atoms with Gasteiger partial charge >= 0.3 is 0 Å². The Kier molecular flexibility index (Phi) is 6.74. The van der Waals surface area contributed by atoms with Crippen LogP contribution in [-0.2, 0) is 11.2 Å². The molecule has 0 spiro atoms. The number of carbonyl (C=O) groups excluding carboxylic acids is 1. The summed E-state index contributed by atoms with van der Waals surface area (Å²) in [5.41, 5.74) is 0.873. The molecule has 0 saturated carbocycles. The molecular weight excluding hydrogens is 246 g/mol. The highest BCUT2D eigenvalue weighted by Gasteiger charge is 2.07. The molecule has 0 bridgehead atoms. The van der Waals surface area contributed by atoms with Gasteiger partial charge in [-0.05, 0) is 30.5 Å². The van der Waals surface area contributed by atoms with Crippen molar-refractivity contribution in [3.05, 3.63) is 23.8 Å². The molecule has 0 aliphatic heterocycles. The highest BCUT2D eigenvalue weighted by Crippen LogP contribution is 2.27. The third-order valence-electron chi connectivity index (χ3n) is 2.72. The van der Waals surface area contributed by atoms with E-state index in [-0.39, 0.29) is 12.5 Å². The zero-order chi connectivity index (χ0) is 14.1. The van der Waals surface area contributed by atoms with Gasteiger partial charge in [0.2, 0.25) is 5.91 Å². The van der Waals surface area contributed by atoms with E-state index in [1.54, 1.807) is 26.4 Å². The Morgan fingerprint density at radius 3 is 2.58 bits per heavy atom. The van der Waals surface area contributed by atoms with E-state index in [4.69, 9.17) is 14.6 Å². The van der Waals surface area contributed by atoms with Gasteiger partial charge in [-0.3, -0.25) is 4.79 Å². The Morgan fingerprint density at radius 2 is 1.95 bits per heavy atom. The molecule has 0 heterocycles. The quantitative estimate of drug-likeness (QED) is 0.693. The number of ether oxygens (including phenoxy) is 2. The third kappa shape index (κ3) is 5.18. The van der Waals surface area contributed by atoms with Gasteiger partial charge < -0.3 is 19.9 Å². The van der Waals surface area contributed by atoms with Crippen LogP contribution < -0.4 is 14.8 Å². The molecule has 0 aliphatic carbocycles. The summed E-state index contributed by atoms with van der Waals surface area (Å²) in [6.07, 6.45) is 1.80. The molecule has 0 fully saturated rings. The molecule has 1 aromatic carbocycles. The van der Waals surface area contributed by atoms with E-state index in [0.29, 0.717) is 30.9 Å². The molecule has 0 aliphatic rings. The van der Waals surface area contributed by atoms with Crippen molar-refractivity contribution in [3.8, 4) is 11.5 Å². The van der Waals surface area contributed by atoms with Crippen LogP contribution in [0.3, 0.4) is 0 Å². The third-order valence-corrected chi connectivity index (χ3v) is 2.72. The van der Waals surface area contributed by atoms with Gasteiger partial charge in [0.05, 0.1) is 20.6 Å². The average molecular weight is 267 g/mol. The van der Waals surface area contributed by atoms with Gasteiger partial charge in [-0.2, -0.15) is 0 Å². The van der Waals surface area contributed by atoms with Crippen molar-refractivity contribution in [2.75, 3.05) is 27.4 Å². The summed E-state index contributed by atoms with van der Waals surface area (Å²) in [5, 5.41) is 11.4. The summed E-state index contributed by atoms with van der Waals surface area (Å²) in [4.78, 5) is 11.7. The number of hydrogen-bond donors (Lipinski definition) is 2. The Labute approximate surface area is 113 Å². The number of unbranched alkanes of at least 4 members (excludes halogenated alkanes) is 1. The minimum Gasteiger partial charge on any atom is -0.493 e. The van der Waals surface area contributed by atoms with Crippen molar-refractivity contribution in [2.45, 2.75) is 19.3 Å². The largest absolute Gasteiger partial charge is 0.493 e. The lowest BCUT2D eigenvalue weighted by atomic mass is 10.1. The van der Waals surface area contributed by atoms with Crippen LogP contribution in [0.2, 0.25) is 0 Å². The molecule has 2 N–H and O–H groups in total. The monoisotopic (exact) mass is 267 g/mol. The van der Waals surface area contributed by atoms with Crippen LogP contribution in [0.1, 0.15) is 18.4 Å². The second-order valence-electron chi connectivity index (χ2n) is 4.15. The number of hydrogen-bond acceptors (Lipinski definition) is 4. The Balaban J connectivity index is 2.50. The second kappa shape index (κ2) is 8.37. The van der Waals surface area contributed by atoms with Crippen LogP contribution >= 0.6 is 0 Å². The molecule has 1 rings (SSSR count). The molecule has 0 atom stereocenters. The summed E-state index contributed by atoms with van der Waals surface area (Å²) in [5.74, 6) is 1.23. The van der Waals surface area contributed by atoms with Gasteiger partial charge in [0.15, 0.2) is 11.5 Å². The fourth-order valence-electron chi connectivity index (χ4n) is 1.70. The predicted octanol–water partition coefficient (Wildman–Crippen LogP) is 1.13. The zero-order valence-electron chi connectivity index (χ0n) is 11.4. The molecule has 1 aromatic rings.